The molecule has 0 unspecified atom stereocenters. The monoisotopic (exact) mass is 278 g/mol. The fourth-order valence-corrected chi connectivity index (χ4v) is 1.75. The van der Waals surface area contributed by atoms with Crippen LogP contribution >= 0.6 is 0 Å². The minimum absolute atomic E-state index is 0.0440. The quantitative estimate of drug-likeness (QED) is 0.754. The van der Waals surface area contributed by atoms with Crippen LogP contribution in [-0.4, -0.2) is 33.1 Å². The van der Waals surface area contributed by atoms with Crippen LogP contribution in [0.5, 0.6) is 5.75 Å². The number of halogens is 1. The second kappa shape index (κ2) is 6.23. The molecule has 7 heteroatoms. The summed E-state index contributed by atoms with van der Waals surface area (Å²) < 4.78 is 20.2. The van der Waals surface area contributed by atoms with E-state index in [4.69, 9.17) is 4.74 Å². The molecule has 0 aliphatic carbocycles. The van der Waals surface area contributed by atoms with Gasteiger partial charge in [-0.15, -0.1) is 5.10 Å². The molecule has 0 aliphatic heterocycles. The standard InChI is InChI=1S/C13H15FN4O2/c1-3-4-7-18-13(15-16-17-18)12(19)10-6-5-9(20-2)8-11(10)14/h5-6,8H,3-4,7H2,1-2H3. The molecule has 0 fully saturated rings. The summed E-state index contributed by atoms with van der Waals surface area (Å²) in [5.41, 5.74) is -0.0710. The maximum absolute atomic E-state index is 13.9. The molecule has 106 valence electrons. The Morgan fingerprint density at radius 1 is 1.45 bits per heavy atom. The second-order valence-electron chi connectivity index (χ2n) is 4.25. The van der Waals surface area contributed by atoms with Crippen LogP contribution in [0.3, 0.4) is 0 Å². The second-order valence-corrected chi connectivity index (χ2v) is 4.25. The topological polar surface area (TPSA) is 69.9 Å². The Morgan fingerprint density at radius 2 is 2.25 bits per heavy atom. The number of nitrogens with zero attached hydrogens (tertiary/aromatic N) is 4. The van der Waals surface area contributed by atoms with E-state index in [1.54, 1.807) is 0 Å². The van der Waals surface area contributed by atoms with Crippen molar-refractivity contribution in [2.24, 2.45) is 0 Å². The van der Waals surface area contributed by atoms with E-state index in [0.717, 1.165) is 18.9 Å². The number of aryl methyl sites for hydroxylation is 1. The van der Waals surface area contributed by atoms with Crippen molar-refractivity contribution in [2.75, 3.05) is 7.11 Å². The molecule has 0 amide bonds. The molecule has 2 rings (SSSR count). The predicted molar refractivity (Wildman–Crippen MR) is 69.1 cm³/mol. The van der Waals surface area contributed by atoms with Gasteiger partial charge in [-0.25, -0.2) is 9.07 Å². The SMILES string of the molecule is CCCCn1nnnc1C(=O)c1ccc(OC)cc1F. The first-order chi connectivity index (χ1) is 9.67. The number of rotatable bonds is 6. The highest BCUT2D eigenvalue weighted by Crippen LogP contribution is 2.18. The summed E-state index contributed by atoms with van der Waals surface area (Å²) in [5, 5.41) is 10.9. The van der Waals surface area contributed by atoms with E-state index in [1.165, 1.54) is 23.9 Å². The number of unbranched alkanes of at least 4 members (excludes halogenated alkanes) is 1. The maximum Gasteiger partial charge on any atom is 0.234 e. The first kappa shape index (κ1) is 14.1. The molecule has 1 aromatic heterocycles. The number of methoxy groups -OCH3 is 1. The number of tetrazole rings is 1. The van der Waals surface area contributed by atoms with E-state index in [9.17, 15) is 9.18 Å². The third kappa shape index (κ3) is 2.81. The highest BCUT2D eigenvalue weighted by Gasteiger charge is 2.20. The molecule has 6 nitrogen and oxygen atoms in total. The zero-order chi connectivity index (χ0) is 14.5. The lowest BCUT2D eigenvalue weighted by atomic mass is 10.1. The van der Waals surface area contributed by atoms with Crippen molar-refractivity contribution < 1.29 is 13.9 Å². The largest absolute Gasteiger partial charge is 0.497 e. The predicted octanol–water partition coefficient (Wildman–Crippen LogP) is 1.85. The van der Waals surface area contributed by atoms with Gasteiger partial charge in [0.25, 0.3) is 0 Å². The van der Waals surface area contributed by atoms with Crippen LogP contribution in [-0.2, 0) is 6.54 Å². The molecule has 1 heterocycles. The maximum atomic E-state index is 13.9. The molecule has 20 heavy (non-hydrogen) atoms. The van der Waals surface area contributed by atoms with Crippen molar-refractivity contribution in [1.82, 2.24) is 20.2 Å². The number of aromatic nitrogens is 4. The van der Waals surface area contributed by atoms with Gasteiger partial charge in [0.2, 0.25) is 11.6 Å². The highest BCUT2D eigenvalue weighted by atomic mass is 19.1. The fourth-order valence-electron chi connectivity index (χ4n) is 1.75. The van der Waals surface area contributed by atoms with Crippen LogP contribution in [0.2, 0.25) is 0 Å². The summed E-state index contributed by atoms with van der Waals surface area (Å²) in [6.45, 7) is 2.55. The molecule has 0 N–H and O–H groups in total. The Kier molecular flexibility index (Phi) is 4.39. The molecular formula is C13H15FN4O2. The first-order valence-corrected chi connectivity index (χ1v) is 6.31. The van der Waals surface area contributed by atoms with Gasteiger partial charge in [-0.2, -0.15) is 0 Å². The highest BCUT2D eigenvalue weighted by molar-refractivity contribution is 6.06. The van der Waals surface area contributed by atoms with Crippen LogP contribution < -0.4 is 4.74 Å². The molecule has 0 aliphatic rings. The zero-order valence-corrected chi connectivity index (χ0v) is 11.3. The third-order valence-electron chi connectivity index (χ3n) is 2.88. The van der Waals surface area contributed by atoms with E-state index in [-0.39, 0.29) is 11.4 Å². The molecule has 0 radical (unpaired) electrons. The molecule has 0 saturated carbocycles. The Morgan fingerprint density at radius 3 is 2.90 bits per heavy atom. The van der Waals surface area contributed by atoms with Crippen LogP contribution in [0.1, 0.15) is 35.9 Å². The van der Waals surface area contributed by atoms with Crippen molar-refractivity contribution in [3.63, 3.8) is 0 Å². The Balaban J connectivity index is 2.29. The van der Waals surface area contributed by atoms with Crippen molar-refractivity contribution in [3.8, 4) is 5.75 Å². The van der Waals surface area contributed by atoms with Crippen molar-refractivity contribution in [1.29, 1.82) is 0 Å². The molecule has 0 bridgehead atoms. The van der Waals surface area contributed by atoms with Gasteiger partial charge in [0.15, 0.2) is 0 Å². The normalized spacial score (nSPS) is 10.6. The number of hydrogen-bond acceptors (Lipinski definition) is 5. The molecule has 2 aromatic rings. The molecule has 1 aromatic carbocycles. The summed E-state index contributed by atoms with van der Waals surface area (Å²) >= 11 is 0. The van der Waals surface area contributed by atoms with E-state index in [2.05, 4.69) is 15.5 Å². The van der Waals surface area contributed by atoms with Crippen molar-refractivity contribution in [2.45, 2.75) is 26.3 Å². The lowest BCUT2D eigenvalue weighted by Crippen LogP contribution is -2.14. The smallest absolute Gasteiger partial charge is 0.234 e. The lowest BCUT2D eigenvalue weighted by molar-refractivity contribution is 0.102. The van der Waals surface area contributed by atoms with Crippen LogP contribution in [0.25, 0.3) is 0 Å². The van der Waals surface area contributed by atoms with Crippen LogP contribution in [0.4, 0.5) is 4.39 Å². The fraction of sp³-hybridized carbons (Fsp3) is 0.385. The number of benzene rings is 1. The van der Waals surface area contributed by atoms with Gasteiger partial charge < -0.3 is 4.74 Å². The number of carbonyl (C=O) groups is 1. The summed E-state index contributed by atoms with van der Waals surface area (Å²) in [4.78, 5) is 12.3. The van der Waals surface area contributed by atoms with Crippen molar-refractivity contribution >= 4 is 5.78 Å². The third-order valence-corrected chi connectivity index (χ3v) is 2.88. The average Bonchev–Trinajstić information content (AvgIpc) is 2.92. The first-order valence-electron chi connectivity index (χ1n) is 6.31. The summed E-state index contributed by atoms with van der Waals surface area (Å²) in [6, 6.07) is 4.05. The van der Waals surface area contributed by atoms with Gasteiger partial charge in [-0.3, -0.25) is 4.79 Å². The Bertz CT molecular complexity index is 612. The van der Waals surface area contributed by atoms with Crippen molar-refractivity contribution in [3.05, 3.63) is 35.4 Å². The summed E-state index contributed by atoms with van der Waals surface area (Å²) in [6.07, 6.45) is 1.79. The average molecular weight is 278 g/mol. The zero-order valence-electron chi connectivity index (χ0n) is 11.3. The molecule has 0 saturated heterocycles. The molecule has 0 atom stereocenters. The minimum Gasteiger partial charge on any atom is -0.497 e. The van der Waals surface area contributed by atoms with Gasteiger partial charge in [-0.05, 0) is 29.0 Å². The van der Waals surface area contributed by atoms with E-state index >= 15 is 0 Å². The van der Waals surface area contributed by atoms with E-state index < -0.39 is 11.6 Å². The Labute approximate surface area is 115 Å². The number of ketones is 1. The summed E-state index contributed by atoms with van der Waals surface area (Å²) in [5.74, 6) is -0.794. The lowest BCUT2D eigenvalue weighted by Gasteiger charge is -2.05. The van der Waals surface area contributed by atoms with E-state index in [0.29, 0.717) is 12.3 Å². The van der Waals surface area contributed by atoms with Gasteiger partial charge >= 0.3 is 0 Å². The number of hydrogen-bond donors (Lipinski definition) is 0. The number of carbonyl (C=O) groups excluding carboxylic acids is 1. The van der Waals surface area contributed by atoms with Gasteiger partial charge in [0.05, 0.1) is 12.7 Å². The van der Waals surface area contributed by atoms with Gasteiger partial charge in [0.1, 0.15) is 11.6 Å². The molecular weight excluding hydrogens is 263 g/mol. The summed E-state index contributed by atoms with van der Waals surface area (Å²) in [7, 11) is 1.43. The minimum atomic E-state index is -0.653. The van der Waals surface area contributed by atoms with Gasteiger partial charge in [-0.1, -0.05) is 13.3 Å². The van der Waals surface area contributed by atoms with Gasteiger partial charge in [0, 0.05) is 12.6 Å². The van der Waals surface area contributed by atoms with Crippen LogP contribution in [0, 0.1) is 5.82 Å². The number of ether oxygens (including phenoxy) is 1. The van der Waals surface area contributed by atoms with E-state index in [1.807, 2.05) is 6.92 Å². The molecule has 0 spiro atoms. The Hall–Kier alpha value is -2.31. The van der Waals surface area contributed by atoms with Crippen LogP contribution in [0.15, 0.2) is 18.2 Å².